The summed E-state index contributed by atoms with van der Waals surface area (Å²) in [6.45, 7) is 4.75. The summed E-state index contributed by atoms with van der Waals surface area (Å²) in [6, 6.07) is 0. The van der Waals surface area contributed by atoms with Gasteiger partial charge in [0.1, 0.15) is 5.78 Å². The summed E-state index contributed by atoms with van der Waals surface area (Å²) in [6.07, 6.45) is 4.11. The molecule has 2 heteroatoms. The maximum absolute atomic E-state index is 11.0. The summed E-state index contributed by atoms with van der Waals surface area (Å²) < 4.78 is 5.41. The second-order valence-electron chi connectivity index (χ2n) is 3.51. The quantitative estimate of drug-likeness (QED) is 0.632. The molecule has 1 rings (SSSR count). The third kappa shape index (κ3) is 2.59. The van der Waals surface area contributed by atoms with Gasteiger partial charge < -0.3 is 4.74 Å². The average molecular weight is 170 g/mol. The number of rotatable bonds is 5. The predicted octanol–water partition coefficient (Wildman–Crippen LogP) is 2.17. The lowest BCUT2D eigenvalue weighted by atomic mass is 9.79. The third-order valence-corrected chi connectivity index (χ3v) is 2.51. The van der Waals surface area contributed by atoms with Crippen LogP contribution in [-0.2, 0) is 9.53 Å². The van der Waals surface area contributed by atoms with Gasteiger partial charge in [0, 0.05) is 19.4 Å². The predicted molar refractivity (Wildman–Crippen MR) is 48.1 cm³/mol. The van der Waals surface area contributed by atoms with Gasteiger partial charge in [-0.15, -0.1) is 0 Å². The number of ether oxygens (including phenoxy) is 1. The van der Waals surface area contributed by atoms with Crippen molar-refractivity contribution in [2.75, 3.05) is 6.61 Å². The van der Waals surface area contributed by atoms with Gasteiger partial charge >= 0.3 is 0 Å². The van der Waals surface area contributed by atoms with Crippen molar-refractivity contribution in [2.24, 2.45) is 5.92 Å². The minimum Gasteiger partial charge on any atom is -0.378 e. The molecule has 1 aliphatic rings. The zero-order chi connectivity index (χ0) is 8.97. The van der Waals surface area contributed by atoms with E-state index >= 15 is 0 Å². The molecule has 12 heavy (non-hydrogen) atoms. The smallest absolute Gasteiger partial charge is 0.132 e. The van der Waals surface area contributed by atoms with Crippen molar-refractivity contribution in [3.63, 3.8) is 0 Å². The first kappa shape index (κ1) is 9.72. The number of hydrogen-bond acceptors (Lipinski definition) is 2. The average Bonchev–Trinajstić information content (AvgIpc) is 2.00. The fourth-order valence-electron chi connectivity index (χ4n) is 1.68. The van der Waals surface area contributed by atoms with Crippen molar-refractivity contribution >= 4 is 5.78 Å². The summed E-state index contributed by atoms with van der Waals surface area (Å²) in [5, 5.41) is 0. The molecule has 0 heterocycles. The van der Waals surface area contributed by atoms with Crippen molar-refractivity contribution in [3.8, 4) is 0 Å². The van der Waals surface area contributed by atoms with Crippen molar-refractivity contribution in [3.05, 3.63) is 0 Å². The fraction of sp³-hybridized carbons (Fsp3) is 0.900. The van der Waals surface area contributed by atoms with Gasteiger partial charge in [0.2, 0.25) is 0 Å². The van der Waals surface area contributed by atoms with Crippen LogP contribution in [0.1, 0.15) is 39.5 Å². The Morgan fingerprint density at radius 2 is 2.08 bits per heavy atom. The van der Waals surface area contributed by atoms with E-state index in [4.69, 9.17) is 4.74 Å². The zero-order valence-electron chi connectivity index (χ0n) is 8.01. The monoisotopic (exact) mass is 170 g/mol. The number of carbonyl (C=O) groups excluding carboxylic acids is 1. The SMILES string of the molecule is CCOC1CC(CC(=O)CC)C1. The second-order valence-corrected chi connectivity index (χ2v) is 3.51. The molecule has 70 valence electrons. The van der Waals surface area contributed by atoms with Crippen LogP contribution in [0.2, 0.25) is 0 Å². The van der Waals surface area contributed by atoms with E-state index in [-0.39, 0.29) is 0 Å². The van der Waals surface area contributed by atoms with Crippen LogP contribution in [0.4, 0.5) is 0 Å². The van der Waals surface area contributed by atoms with E-state index in [2.05, 4.69) is 0 Å². The first-order valence-electron chi connectivity index (χ1n) is 4.89. The molecule has 0 aromatic heterocycles. The summed E-state index contributed by atoms with van der Waals surface area (Å²) in [5.74, 6) is 1.02. The zero-order valence-corrected chi connectivity index (χ0v) is 8.01. The Hall–Kier alpha value is -0.370. The first-order valence-corrected chi connectivity index (χ1v) is 4.89. The number of Topliss-reactive ketones (excluding diaryl/α,β-unsaturated/α-hetero) is 1. The maximum Gasteiger partial charge on any atom is 0.132 e. The highest BCUT2D eigenvalue weighted by Crippen LogP contribution is 2.32. The van der Waals surface area contributed by atoms with Gasteiger partial charge in [-0.25, -0.2) is 0 Å². The lowest BCUT2D eigenvalue weighted by Gasteiger charge is -2.34. The topological polar surface area (TPSA) is 26.3 Å². The lowest BCUT2D eigenvalue weighted by molar-refractivity contribution is -0.121. The van der Waals surface area contributed by atoms with Crippen LogP contribution in [0.15, 0.2) is 0 Å². The van der Waals surface area contributed by atoms with Crippen molar-refractivity contribution in [2.45, 2.75) is 45.6 Å². The minimum absolute atomic E-state index is 0.398. The van der Waals surface area contributed by atoms with Crippen molar-refractivity contribution in [1.29, 1.82) is 0 Å². The molecule has 1 saturated carbocycles. The molecule has 0 unspecified atom stereocenters. The normalized spacial score (nSPS) is 28.2. The van der Waals surface area contributed by atoms with E-state index in [0.29, 0.717) is 24.2 Å². The third-order valence-electron chi connectivity index (χ3n) is 2.51. The van der Waals surface area contributed by atoms with Crippen LogP contribution < -0.4 is 0 Å². The highest BCUT2D eigenvalue weighted by molar-refractivity contribution is 5.78. The highest BCUT2D eigenvalue weighted by atomic mass is 16.5. The molecule has 0 amide bonds. The molecule has 1 aliphatic carbocycles. The molecular weight excluding hydrogens is 152 g/mol. The van der Waals surface area contributed by atoms with Crippen LogP contribution in [-0.4, -0.2) is 18.5 Å². The van der Waals surface area contributed by atoms with Gasteiger partial charge in [0.05, 0.1) is 6.10 Å². The summed E-state index contributed by atoms with van der Waals surface area (Å²) in [7, 11) is 0. The molecule has 0 N–H and O–H groups in total. The first-order chi connectivity index (χ1) is 5.76. The number of hydrogen-bond donors (Lipinski definition) is 0. The molecule has 0 aromatic rings. The Balaban J connectivity index is 2.05. The van der Waals surface area contributed by atoms with Crippen LogP contribution in [0.25, 0.3) is 0 Å². The number of ketones is 1. The van der Waals surface area contributed by atoms with Gasteiger partial charge in [0.25, 0.3) is 0 Å². The van der Waals surface area contributed by atoms with Gasteiger partial charge in [0.15, 0.2) is 0 Å². The number of carbonyl (C=O) groups is 1. The molecule has 0 bridgehead atoms. The van der Waals surface area contributed by atoms with E-state index < -0.39 is 0 Å². The van der Waals surface area contributed by atoms with Gasteiger partial charge in [-0.2, -0.15) is 0 Å². The Kier molecular flexibility index (Phi) is 3.73. The Morgan fingerprint density at radius 3 is 2.58 bits per heavy atom. The molecule has 0 aliphatic heterocycles. The minimum atomic E-state index is 0.398. The van der Waals surface area contributed by atoms with E-state index in [1.165, 1.54) is 0 Å². The molecule has 2 nitrogen and oxygen atoms in total. The Labute approximate surface area is 74.3 Å². The van der Waals surface area contributed by atoms with Crippen molar-refractivity contribution < 1.29 is 9.53 Å². The molecule has 0 saturated heterocycles. The van der Waals surface area contributed by atoms with Crippen LogP contribution >= 0.6 is 0 Å². The van der Waals surface area contributed by atoms with Crippen LogP contribution in [0, 0.1) is 5.92 Å². The van der Waals surface area contributed by atoms with Crippen molar-refractivity contribution in [1.82, 2.24) is 0 Å². The van der Waals surface area contributed by atoms with Gasteiger partial charge in [-0.3, -0.25) is 4.79 Å². The molecule has 0 radical (unpaired) electrons. The maximum atomic E-state index is 11.0. The van der Waals surface area contributed by atoms with Gasteiger partial charge in [-0.1, -0.05) is 6.92 Å². The highest BCUT2D eigenvalue weighted by Gasteiger charge is 2.30. The molecular formula is C10H18O2. The van der Waals surface area contributed by atoms with E-state index in [9.17, 15) is 4.79 Å². The van der Waals surface area contributed by atoms with E-state index in [0.717, 1.165) is 25.9 Å². The summed E-state index contributed by atoms with van der Waals surface area (Å²) >= 11 is 0. The second kappa shape index (κ2) is 4.61. The summed E-state index contributed by atoms with van der Waals surface area (Å²) in [4.78, 5) is 11.0. The lowest BCUT2D eigenvalue weighted by Crippen LogP contribution is -2.32. The van der Waals surface area contributed by atoms with Crippen LogP contribution in [0.5, 0.6) is 0 Å². The van der Waals surface area contributed by atoms with E-state index in [1.807, 2.05) is 13.8 Å². The molecule has 0 aromatic carbocycles. The largest absolute Gasteiger partial charge is 0.378 e. The van der Waals surface area contributed by atoms with Crippen LogP contribution in [0.3, 0.4) is 0 Å². The Bertz CT molecular complexity index is 148. The fourth-order valence-corrected chi connectivity index (χ4v) is 1.68. The van der Waals surface area contributed by atoms with Gasteiger partial charge in [-0.05, 0) is 25.7 Å². The molecule has 1 fully saturated rings. The molecule has 0 spiro atoms. The Morgan fingerprint density at radius 1 is 1.42 bits per heavy atom. The summed E-state index contributed by atoms with van der Waals surface area (Å²) in [5.41, 5.74) is 0. The van der Waals surface area contributed by atoms with E-state index in [1.54, 1.807) is 0 Å². The molecule has 0 atom stereocenters. The standard InChI is InChI=1S/C10H18O2/c1-3-9(11)5-8-6-10(7-8)12-4-2/h8,10H,3-7H2,1-2H3.